The lowest BCUT2D eigenvalue weighted by atomic mass is 10.1. The zero-order valence-electron chi connectivity index (χ0n) is 13.5. The summed E-state index contributed by atoms with van der Waals surface area (Å²) in [6.45, 7) is -0.0985. The van der Waals surface area contributed by atoms with Crippen LogP contribution in [-0.2, 0) is 16.1 Å². The lowest BCUT2D eigenvalue weighted by Crippen LogP contribution is -2.53. The molecule has 9 heteroatoms. The fraction of sp³-hybridized carbons (Fsp3) is 0.118. The number of imide groups is 2. The SMILES string of the molecule is COc1cc(/C=C2\C(=O)NC(=O)N(Cc3ccco3)C2=O)cc(I)c1O. The third-order valence-corrected chi connectivity index (χ3v) is 4.48. The van der Waals surface area contributed by atoms with Gasteiger partial charge in [0.2, 0.25) is 0 Å². The van der Waals surface area contributed by atoms with Gasteiger partial charge in [0, 0.05) is 0 Å². The summed E-state index contributed by atoms with van der Waals surface area (Å²) < 4.78 is 10.7. The number of halogens is 1. The number of benzene rings is 1. The first-order valence-electron chi connectivity index (χ1n) is 7.38. The smallest absolute Gasteiger partial charge is 0.331 e. The topological polar surface area (TPSA) is 109 Å². The molecule has 0 bridgehead atoms. The number of nitrogens with zero attached hydrogens (tertiary/aromatic N) is 1. The number of phenolic OH excluding ortho intramolecular Hbond substituents is 1. The van der Waals surface area contributed by atoms with Crippen LogP contribution in [0.5, 0.6) is 11.5 Å². The van der Waals surface area contributed by atoms with Gasteiger partial charge in [-0.25, -0.2) is 4.79 Å². The largest absolute Gasteiger partial charge is 0.504 e. The summed E-state index contributed by atoms with van der Waals surface area (Å²) in [4.78, 5) is 37.6. The molecule has 8 nitrogen and oxygen atoms in total. The van der Waals surface area contributed by atoms with Crippen molar-refractivity contribution < 1.29 is 28.6 Å². The first kappa shape index (κ1) is 18.0. The van der Waals surface area contributed by atoms with E-state index in [2.05, 4.69) is 5.32 Å². The molecule has 1 aromatic carbocycles. The van der Waals surface area contributed by atoms with Crippen LogP contribution in [0.15, 0.2) is 40.5 Å². The van der Waals surface area contributed by atoms with Crippen molar-refractivity contribution in [2.75, 3.05) is 7.11 Å². The zero-order chi connectivity index (χ0) is 18.8. The molecule has 1 aliphatic heterocycles. The maximum absolute atomic E-state index is 12.6. The van der Waals surface area contributed by atoms with Gasteiger partial charge in [0.1, 0.15) is 11.3 Å². The van der Waals surface area contributed by atoms with Crippen molar-refractivity contribution in [3.63, 3.8) is 0 Å². The number of ether oxygens (including phenoxy) is 1. The third-order valence-electron chi connectivity index (χ3n) is 3.66. The van der Waals surface area contributed by atoms with Crippen LogP contribution >= 0.6 is 22.6 Å². The molecule has 26 heavy (non-hydrogen) atoms. The van der Waals surface area contributed by atoms with Crippen molar-refractivity contribution in [1.82, 2.24) is 10.2 Å². The highest BCUT2D eigenvalue weighted by atomic mass is 127. The average Bonchev–Trinajstić information content (AvgIpc) is 3.11. The maximum Gasteiger partial charge on any atom is 0.331 e. The molecule has 3 rings (SSSR count). The minimum atomic E-state index is -0.814. The van der Waals surface area contributed by atoms with Gasteiger partial charge in [0.05, 0.1) is 23.5 Å². The number of methoxy groups -OCH3 is 1. The van der Waals surface area contributed by atoms with E-state index in [-0.39, 0.29) is 23.6 Å². The van der Waals surface area contributed by atoms with Gasteiger partial charge in [0.25, 0.3) is 11.8 Å². The Labute approximate surface area is 161 Å². The molecule has 0 aliphatic carbocycles. The Morgan fingerprint density at radius 1 is 1.35 bits per heavy atom. The van der Waals surface area contributed by atoms with Crippen molar-refractivity contribution in [2.45, 2.75) is 6.54 Å². The first-order chi connectivity index (χ1) is 12.4. The van der Waals surface area contributed by atoms with Crippen molar-refractivity contribution in [1.29, 1.82) is 0 Å². The van der Waals surface area contributed by atoms with Gasteiger partial charge in [-0.15, -0.1) is 0 Å². The summed E-state index contributed by atoms with van der Waals surface area (Å²) >= 11 is 1.90. The molecule has 1 aliphatic rings. The van der Waals surface area contributed by atoms with E-state index in [0.29, 0.717) is 14.9 Å². The molecule has 0 unspecified atom stereocenters. The molecule has 2 N–H and O–H groups in total. The quantitative estimate of drug-likeness (QED) is 0.405. The second-order valence-corrected chi connectivity index (χ2v) is 6.50. The highest BCUT2D eigenvalue weighted by Gasteiger charge is 2.36. The molecule has 0 atom stereocenters. The average molecular weight is 468 g/mol. The molecule has 1 aromatic heterocycles. The molecule has 2 aromatic rings. The standard InChI is InChI=1S/C17H13IN2O6/c1-25-13-7-9(6-12(18)14(13)21)5-11-15(22)19-17(24)20(16(11)23)8-10-3-2-4-26-10/h2-7,21H,8H2,1H3,(H,19,22,24)/b11-5+. The molecule has 2 heterocycles. The Hall–Kier alpha value is -2.82. The summed E-state index contributed by atoms with van der Waals surface area (Å²) in [6.07, 6.45) is 2.76. The summed E-state index contributed by atoms with van der Waals surface area (Å²) in [5, 5.41) is 12.0. The second kappa shape index (κ2) is 7.20. The number of rotatable bonds is 4. The number of furan rings is 1. The van der Waals surface area contributed by atoms with Gasteiger partial charge in [-0.05, 0) is 58.5 Å². The Balaban J connectivity index is 1.96. The first-order valence-corrected chi connectivity index (χ1v) is 8.46. The van der Waals surface area contributed by atoms with Crippen molar-refractivity contribution >= 4 is 46.5 Å². The number of urea groups is 1. The normalized spacial score (nSPS) is 16.2. The van der Waals surface area contributed by atoms with E-state index in [0.717, 1.165) is 4.90 Å². The van der Waals surface area contributed by atoms with Crippen molar-refractivity contribution in [3.05, 3.63) is 51.0 Å². The van der Waals surface area contributed by atoms with E-state index < -0.39 is 17.8 Å². The monoisotopic (exact) mass is 468 g/mol. The number of nitrogens with one attached hydrogen (secondary N) is 1. The van der Waals surface area contributed by atoms with Crippen LogP contribution in [-0.4, -0.2) is 35.0 Å². The third kappa shape index (κ3) is 3.43. The summed E-state index contributed by atoms with van der Waals surface area (Å²) in [5.41, 5.74) is 0.259. The van der Waals surface area contributed by atoms with E-state index in [9.17, 15) is 19.5 Å². The van der Waals surface area contributed by atoms with Crippen molar-refractivity contribution in [2.24, 2.45) is 0 Å². The number of aromatic hydroxyl groups is 1. The number of carbonyl (C=O) groups excluding carboxylic acids is 3. The fourth-order valence-electron chi connectivity index (χ4n) is 2.40. The van der Waals surface area contributed by atoms with Gasteiger partial charge in [-0.1, -0.05) is 0 Å². The van der Waals surface area contributed by atoms with Gasteiger partial charge in [-0.2, -0.15) is 0 Å². The van der Waals surface area contributed by atoms with Crippen LogP contribution < -0.4 is 10.1 Å². The number of hydrogen-bond donors (Lipinski definition) is 2. The van der Waals surface area contributed by atoms with Crippen LogP contribution in [0.25, 0.3) is 6.08 Å². The Kier molecular flexibility index (Phi) is 4.98. The number of carbonyl (C=O) groups is 3. The van der Waals surface area contributed by atoms with Crippen LogP contribution in [0.1, 0.15) is 11.3 Å². The Morgan fingerprint density at radius 3 is 2.77 bits per heavy atom. The molecular weight excluding hydrogens is 455 g/mol. The number of barbiturate groups is 1. The van der Waals surface area contributed by atoms with Gasteiger partial charge in [0.15, 0.2) is 11.5 Å². The van der Waals surface area contributed by atoms with E-state index >= 15 is 0 Å². The molecule has 1 fully saturated rings. The maximum atomic E-state index is 12.6. The summed E-state index contributed by atoms with van der Waals surface area (Å²) in [6, 6.07) is 5.51. The minimum Gasteiger partial charge on any atom is -0.504 e. The lowest BCUT2D eigenvalue weighted by Gasteiger charge is -2.25. The van der Waals surface area contributed by atoms with Crippen molar-refractivity contribution in [3.8, 4) is 11.5 Å². The van der Waals surface area contributed by atoms with E-state index in [4.69, 9.17) is 9.15 Å². The van der Waals surface area contributed by atoms with Crippen LogP contribution in [0.2, 0.25) is 0 Å². The summed E-state index contributed by atoms with van der Waals surface area (Å²) in [7, 11) is 1.39. The zero-order valence-corrected chi connectivity index (χ0v) is 15.6. The van der Waals surface area contributed by atoms with E-state index in [1.807, 2.05) is 22.6 Å². The number of phenols is 1. The van der Waals surface area contributed by atoms with Crippen LogP contribution in [0, 0.1) is 3.57 Å². The Bertz CT molecular complexity index is 920. The van der Waals surface area contributed by atoms with Gasteiger partial charge < -0.3 is 14.3 Å². The van der Waals surface area contributed by atoms with E-state index in [1.165, 1.54) is 25.5 Å². The molecule has 1 saturated heterocycles. The molecule has 0 saturated carbocycles. The molecule has 0 spiro atoms. The Morgan fingerprint density at radius 2 is 2.12 bits per heavy atom. The highest BCUT2D eigenvalue weighted by Crippen LogP contribution is 2.33. The molecule has 134 valence electrons. The highest BCUT2D eigenvalue weighted by molar-refractivity contribution is 14.1. The van der Waals surface area contributed by atoms with E-state index in [1.54, 1.807) is 18.2 Å². The van der Waals surface area contributed by atoms with Crippen LogP contribution in [0.3, 0.4) is 0 Å². The lowest BCUT2D eigenvalue weighted by molar-refractivity contribution is -0.130. The second-order valence-electron chi connectivity index (χ2n) is 5.34. The molecular formula is C17H13IN2O6. The van der Waals surface area contributed by atoms with Crippen LogP contribution in [0.4, 0.5) is 4.79 Å². The predicted octanol–water partition coefficient (Wildman–Crippen LogP) is 2.26. The number of amides is 4. The summed E-state index contributed by atoms with van der Waals surface area (Å²) in [5.74, 6) is -0.960. The number of hydrogen-bond acceptors (Lipinski definition) is 6. The molecule has 4 amide bonds. The fourth-order valence-corrected chi connectivity index (χ4v) is 3.02. The predicted molar refractivity (Wildman–Crippen MR) is 98.1 cm³/mol. The minimum absolute atomic E-state index is 0.0377. The van der Waals surface area contributed by atoms with Gasteiger partial charge >= 0.3 is 6.03 Å². The van der Waals surface area contributed by atoms with Gasteiger partial charge in [-0.3, -0.25) is 19.8 Å². The molecule has 0 radical (unpaired) electrons.